The number of hydrogen-bond acceptors (Lipinski definition) is 2. The highest BCUT2D eigenvalue weighted by atomic mass is 16.5. The van der Waals surface area contributed by atoms with Gasteiger partial charge in [0.1, 0.15) is 6.10 Å². The predicted octanol–water partition coefficient (Wildman–Crippen LogP) is 2.07. The van der Waals surface area contributed by atoms with Crippen molar-refractivity contribution < 1.29 is 9.53 Å². The first-order chi connectivity index (χ1) is 6.29. The molecule has 3 aliphatic carbocycles. The fraction of sp³-hybridized carbons (Fsp3) is 0.545. The van der Waals surface area contributed by atoms with E-state index >= 15 is 0 Å². The number of allylic oxidation sites excluding steroid dienone is 1. The minimum absolute atomic E-state index is 0.106. The molecule has 3 aliphatic rings. The molecule has 0 aliphatic heterocycles. The third-order valence-corrected chi connectivity index (χ3v) is 2.95. The lowest BCUT2D eigenvalue weighted by Crippen LogP contribution is -2.34. The van der Waals surface area contributed by atoms with Crippen LogP contribution in [0.15, 0.2) is 24.8 Å². The van der Waals surface area contributed by atoms with Crippen LogP contribution in [-0.2, 0) is 9.53 Å². The molecule has 0 spiro atoms. The SMILES string of the molecule is C=CC(=O)OC1CC2C=CC1CC2. The third kappa shape index (κ3) is 1.67. The van der Waals surface area contributed by atoms with E-state index in [0.29, 0.717) is 11.8 Å². The quantitative estimate of drug-likeness (QED) is 0.367. The summed E-state index contributed by atoms with van der Waals surface area (Å²) in [4.78, 5) is 11.0. The van der Waals surface area contributed by atoms with Crippen molar-refractivity contribution >= 4 is 5.97 Å². The van der Waals surface area contributed by atoms with Gasteiger partial charge in [-0.05, 0) is 25.2 Å². The molecule has 2 nitrogen and oxygen atoms in total. The molecule has 2 bridgehead atoms. The van der Waals surface area contributed by atoms with Gasteiger partial charge in [0, 0.05) is 12.0 Å². The van der Waals surface area contributed by atoms with Crippen molar-refractivity contribution in [1.29, 1.82) is 0 Å². The Hall–Kier alpha value is -1.05. The molecule has 13 heavy (non-hydrogen) atoms. The molecule has 3 atom stereocenters. The summed E-state index contributed by atoms with van der Waals surface area (Å²) in [7, 11) is 0. The largest absolute Gasteiger partial charge is 0.459 e. The molecular formula is C11H14O2. The van der Waals surface area contributed by atoms with Crippen LogP contribution in [0.1, 0.15) is 19.3 Å². The van der Waals surface area contributed by atoms with Crippen molar-refractivity contribution in [2.45, 2.75) is 25.4 Å². The second kappa shape index (κ2) is 3.36. The lowest BCUT2D eigenvalue weighted by molar-refractivity contribution is -0.147. The normalized spacial score (nSPS) is 35.8. The summed E-state index contributed by atoms with van der Waals surface area (Å²) in [5.74, 6) is 0.799. The van der Waals surface area contributed by atoms with Gasteiger partial charge in [-0.25, -0.2) is 4.79 Å². The summed E-state index contributed by atoms with van der Waals surface area (Å²) in [6, 6.07) is 0. The minimum atomic E-state index is -0.286. The van der Waals surface area contributed by atoms with Crippen LogP contribution in [0.3, 0.4) is 0 Å². The van der Waals surface area contributed by atoms with Crippen LogP contribution in [0.4, 0.5) is 0 Å². The van der Waals surface area contributed by atoms with E-state index in [1.54, 1.807) is 0 Å². The highest BCUT2D eigenvalue weighted by Crippen LogP contribution is 2.37. The Kier molecular flexibility index (Phi) is 2.21. The molecule has 0 radical (unpaired) electrons. The van der Waals surface area contributed by atoms with Gasteiger partial charge in [0.25, 0.3) is 0 Å². The molecule has 0 heterocycles. The predicted molar refractivity (Wildman–Crippen MR) is 50.0 cm³/mol. The van der Waals surface area contributed by atoms with Gasteiger partial charge in [-0.2, -0.15) is 0 Å². The van der Waals surface area contributed by atoms with E-state index in [0.717, 1.165) is 12.8 Å². The maximum atomic E-state index is 11.0. The highest BCUT2D eigenvalue weighted by Gasteiger charge is 2.33. The third-order valence-electron chi connectivity index (χ3n) is 2.95. The van der Waals surface area contributed by atoms with Gasteiger partial charge < -0.3 is 4.74 Å². The number of rotatable bonds is 2. The minimum Gasteiger partial charge on any atom is -0.459 e. The van der Waals surface area contributed by atoms with Crippen LogP contribution < -0.4 is 0 Å². The number of esters is 1. The molecule has 1 fully saturated rings. The first kappa shape index (κ1) is 8.54. The highest BCUT2D eigenvalue weighted by molar-refractivity contribution is 5.81. The van der Waals surface area contributed by atoms with Crippen molar-refractivity contribution in [1.82, 2.24) is 0 Å². The van der Waals surface area contributed by atoms with Gasteiger partial charge in [-0.3, -0.25) is 0 Å². The van der Waals surface area contributed by atoms with E-state index in [1.807, 2.05) is 0 Å². The zero-order valence-electron chi connectivity index (χ0n) is 7.61. The van der Waals surface area contributed by atoms with Gasteiger partial charge >= 0.3 is 5.97 Å². The van der Waals surface area contributed by atoms with E-state index in [-0.39, 0.29) is 12.1 Å². The summed E-state index contributed by atoms with van der Waals surface area (Å²) >= 11 is 0. The number of fused-ring (bicyclic) bond motifs is 2. The first-order valence-corrected chi connectivity index (χ1v) is 4.81. The molecule has 0 saturated heterocycles. The average molecular weight is 178 g/mol. The number of carbonyl (C=O) groups excluding carboxylic acids is 1. The molecule has 3 unspecified atom stereocenters. The summed E-state index contributed by atoms with van der Waals surface area (Å²) in [5, 5.41) is 0. The van der Waals surface area contributed by atoms with Gasteiger partial charge in [0.15, 0.2) is 0 Å². The maximum Gasteiger partial charge on any atom is 0.330 e. The molecule has 70 valence electrons. The Morgan fingerprint density at radius 2 is 2.31 bits per heavy atom. The Morgan fingerprint density at radius 1 is 1.46 bits per heavy atom. The molecule has 0 N–H and O–H groups in total. The van der Waals surface area contributed by atoms with Crippen LogP contribution in [0, 0.1) is 11.8 Å². The fourth-order valence-corrected chi connectivity index (χ4v) is 2.21. The Bertz CT molecular complexity index is 255. The van der Waals surface area contributed by atoms with Crippen LogP contribution in [0.25, 0.3) is 0 Å². The van der Waals surface area contributed by atoms with Crippen molar-refractivity contribution in [2.24, 2.45) is 11.8 Å². The van der Waals surface area contributed by atoms with Gasteiger partial charge in [0.2, 0.25) is 0 Å². The van der Waals surface area contributed by atoms with E-state index in [9.17, 15) is 4.79 Å². The molecular weight excluding hydrogens is 164 g/mol. The summed E-state index contributed by atoms with van der Waals surface area (Å²) < 4.78 is 5.27. The first-order valence-electron chi connectivity index (χ1n) is 4.81. The molecule has 0 aromatic heterocycles. The topological polar surface area (TPSA) is 26.3 Å². The van der Waals surface area contributed by atoms with E-state index < -0.39 is 0 Å². The number of carbonyl (C=O) groups is 1. The Morgan fingerprint density at radius 3 is 2.77 bits per heavy atom. The maximum absolute atomic E-state index is 11.0. The van der Waals surface area contributed by atoms with Crippen LogP contribution in [0.5, 0.6) is 0 Å². The van der Waals surface area contributed by atoms with Gasteiger partial charge in [-0.15, -0.1) is 0 Å². The molecule has 1 saturated carbocycles. The van der Waals surface area contributed by atoms with E-state index in [1.165, 1.54) is 12.5 Å². The molecule has 0 aromatic carbocycles. The monoisotopic (exact) mass is 178 g/mol. The fourth-order valence-electron chi connectivity index (χ4n) is 2.21. The summed E-state index contributed by atoms with van der Waals surface area (Å²) in [6.07, 6.45) is 9.21. The number of hydrogen-bond donors (Lipinski definition) is 0. The second-order valence-corrected chi connectivity index (χ2v) is 3.80. The second-order valence-electron chi connectivity index (χ2n) is 3.80. The van der Waals surface area contributed by atoms with Crippen molar-refractivity contribution in [2.75, 3.05) is 0 Å². The van der Waals surface area contributed by atoms with Crippen LogP contribution in [-0.4, -0.2) is 12.1 Å². The van der Waals surface area contributed by atoms with Crippen molar-refractivity contribution in [3.63, 3.8) is 0 Å². The standard InChI is InChI=1S/C11H14O2/c1-2-11(12)13-10-7-8-3-5-9(10)6-4-8/h2-3,5,8-10H,1,4,6-7H2. The zero-order chi connectivity index (χ0) is 9.26. The van der Waals surface area contributed by atoms with Gasteiger partial charge in [0.05, 0.1) is 0 Å². The number of ether oxygens (including phenoxy) is 1. The average Bonchev–Trinajstić information content (AvgIpc) is 2.19. The Balaban J connectivity index is 1.99. The van der Waals surface area contributed by atoms with Gasteiger partial charge in [-0.1, -0.05) is 18.7 Å². The molecule has 2 heteroatoms. The Labute approximate surface area is 78.3 Å². The summed E-state index contributed by atoms with van der Waals surface area (Å²) in [5.41, 5.74) is 0. The lowest BCUT2D eigenvalue weighted by Gasteiger charge is -2.37. The summed E-state index contributed by atoms with van der Waals surface area (Å²) in [6.45, 7) is 3.40. The molecule has 0 aromatic rings. The zero-order valence-corrected chi connectivity index (χ0v) is 7.61. The molecule has 0 amide bonds. The van der Waals surface area contributed by atoms with Crippen molar-refractivity contribution in [3.05, 3.63) is 24.8 Å². The smallest absolute Gasteiger partial charge is 0.330 e. The van der Waals surface area contributed by atoms with Crippen LogP contribution in [0.2, 0.25) is 0 Å². The lowest BCUT2D eigenvalue weighted by atomic mass is 9.74. The van der Waals surface area contributed by atoms with E-state index in [2.05, 4.69) is 18.7 Å². The molecule has 3 rings (SSSR count). The van der Waals surface area contributed by atoms with E-state index in [4.69, 9.17) is 4.74 Å². The van der Waals surface area contributed by atoms with Crippen LogP contribution >= 0.6 is 0 Å². The van der Waals surface area contributed by atoms with Crippen molar-refractivity contribution in [3.8, 4) is 0 Å².